The van der Waals surface area contributed by atoms with Crippen LogP contribution in [0.15, 0.2) is 241 Å². The Morgan fingerprint density at radius 2 is 0.947 bits per heavy atom. The largest absolute Gasteiger partial charge is 0.416 e. The number of thiophene rings is 1. The van der Waals surface area contributed by atoms with Gasteiger partial charge in [0, 0.05) is 69.4 Å². The first-order valence-electron chi connectivity index (χ1n) is 43.3. The number of aliphatic imine (C=N–C) groups is 5. The minimum atomic E-state index is -4.44. The van der Waals surface area contributed by atoms with Crippen LogP contribution in [0.5, 0.6) is 0 Å². The minimum absolute atomic E-state index is 0.0127. The lowest BCUT2D eigenvalue weighted by Crippen LogP contribution is -2.52. The highest BCUT2D eigenvalue weighted by molar-refractivity contribution is 9.10. The van der Waals surface area contributed by atoms with Gasteiger partial charge in [0.25, 0.3) is 0 Å². The fourth-order valence-corrected chi connectivity index (χ4v) is 19.2. The van der Waals surface area contributed by atoms with Gasteiger partial charge in [0.05, 0.1) is 80.6 Å². The third-order valence-corrected chi connectivity index (χ3v) is 28.1. The van der Waals surface area contributed by atoms with Gasteiger partial charge in [0.2, 0.25) is 29.5 Å². The van der Waals surface area contributed by atoms with Gasteiger partial charge in [-0.15, -0.1) is 22.7 Å². The van der Waals surface area contributed by atoms with E-state index in [1.54, 1.807) is 57.7 Å². The SMILES string of the molecule is CCc1cccc([C@@]2(C)N=C(N)N(C)C(=O)[C@@H]2c2ccc(C(F)(F)F)cc2)c1.CCc1cccc([C@@]2(C)N=C(N)N(C)C(=O)[C@H]2c2ccc(C(F)(F)F)cc2)c1.CN1C(=O)C[C@@](C)(c2ccc3nn(Cc4ccccc4)cc3c2)N=C1N.CN1C(=O)C[C@@](C)(c2ncc(-c3cccc(Br)c3)s2)N=C1N.Cc1csc(-c2nn(CC3CC3)c3cc([C@]4(C)CC(=O)N(C)C(N)=N4)ccc23)c1. The molecule has 12 aromatic rings. The molecule has 5 amide bonds. The number of benzene rings is 8. The number of fused-ring (bicyclic) bond motifs is 2. The molecule has 1 aliphatic carbocycles. The van der Waals surface area contributed by atoms with Crippen molar-refractivity contribution >= 4 is 120 Å². The van der Waals surface area contributed by atoms with Gasteiger partial charge in [0.15, 0.2) is 29.8 Å². The molecule has 0 saturated heterocycles. The van der Waals surface area contributed by atoms with E-state index in [4.69, 9.17) is 33.8 Å². The number of halogens is 7. The van der Waals surface area contributed by atoms with E-state index in [1.165, 1.54) is 91.7 Å². The molecule has 5 aliphatic heterocycles. The molecule has 0 bridgehead atoms. The van der Waals surface area contributed by atoms with E-state index in [1.807, 2.05) is 155 Å². The highest BCUT2D eigenvalue weighted by Gasteiger charge is 2.50. The van der Waals surface area contributed by atoms with Crippen molar-refractivity contribution in [3.05, 3.63) is 288 Å². The fraction of sp³-hybridized carbons (Fsp3) is 0.323. The van der Waals surface area contributed by atoms with E-state index < -0.39 is 63.0 Å². The van der Waals surface area contributed by atoms with E-state index in [9.17, 15) is 50.3 Å². The summed E-state index contributed by atoms with van der Waals surface area (Å²) in [7, 11) is 7.98. The summed E-state index contributed by atoms with van der Waals surface area (Å²) in [6.07, 6.45) is 0.0134. The van der Waals surface area contributed by atoms with Crippen LogP contribution < -0.4 is 28.7 Å². The Labute approximate surface area is 783 Å². The van der Waals surface area contributed by atoms with Gasteiger partial charge >= 0.3 is 12.4 Å². The average Bonchev–Trinajstić information content (AvgIpc) is 1.70. The van der Waals surface area contributed by atoms with Crippen LogP contribution in [-0.2, 0) is 90.0 Å². The molecule has 10 N–H and O–H groups in total. The van der Waals surface area contributed by atoms with E-state index in [-0.39, 0.29) is 65.8 Å². The van der Waals surface area contributed by atoms with E-state index in [0.29, 0.717) is 29.9 Å². The number of aromatic nitrogens is 5. The molecule has 692 valence electrons. The Hall–Kier alpha value is -13.2. The van der Waals surface area contributed by atoms with Crippen LogP contribution in [0.3, 0.4) is 0 Å². The van der Waals surface area contributed by atoms with Crippen LogP contribution in [0.25, 0.3) is 42.8 Å². The number of carbonyl (C=O) groups excluding carboxylic acids is 5. The molecule has 133 heavy (non-hydrogen) atoms. The predicted octanol–water partition coefficient (Wildman–Crippen LogP) is 17.4. The Morgan fingerprint density at radius 1 is 0.481 bits per heavy atom. The van der Waals surface area contributed by atoms with Gasteiger partial charge in [-0.1, -0.05) is 163 Å². The maximum Gasteiger partial charge on any atom is 0.416 e. The Morgan fingerprint density at radius 3 is 1.41 bits per heavy atom. The molecular weight excluding hydrogens is 1810 g/mol. The number of rotatable bonds is 15. The number of likely N-dealkylation sites (N-methyl/N-ethyl adjacent to an activating group) is 2. The Balaban J connectivity index is 0.000000134. The molecule has 0 unspecified atom stereocenters. The predicted molar refractivity (Wildman–Crippen MR) is 514 cm³/mol. The number of guanidine groups is 5. The van der Waals surface area contributed by atoms with Gasteiger partial charge < -0.3 is 28.7 Å². The molecule has 9 heterocycles. The highest BCUT2D eigenvalue weighted by atomic mass is 79.9. The summed E-state index contributed by atoms with van der Waals surface area (Å²) in [5.41, 5.74) is 37.4. The maximum atomic E-state index is 13.1. The zero-order chi connectivity index (χ0) is 95.9. The smallest absolute Gasteiger partial charge is 0.369 e. The number of thiazole rings is 1. The normalized spacial score (nSPS) is 22.2. The number of carbonyl (C=O) groups is 5. The van der Waals surface area contributed by atoms with Crippen molar-refractivity contribution in [1.82, 2.24) is 49.0 Å². The summed E-state index contributed by atoms with van der Waals surface area (Å²) in [5, 5.41) is 14.8. The molecule has 0 spiro atoms. The van der Waals surface area contributed by atoms with Crippen LogP contribution >= 0.6 is 38.6 Å². The monoisotopic (exact) mass is 1910 g/mol. The van der Waals surface area contributed by atoms with Crippen LogP contribution in [0.2, 0.25) is 0 Å². The zero-order valence-electron chi connectivity index (χ0n) is 75.9. The summed E-state index contributed by atoms with van der Waals surface area (Å²) >= 11 is 6.74. The first-order valence-corrected chi connectivity index (χ1v) is 45.8. The molecule has 7 atom stereocenters. The molecule has 1 fully saturated rings. The summed E-state index contributed by atoms with van der Waals surface area (Å²) in [4.78, 5) is 99.2. The third kappa shape index (κ3) is 20.4. The van der Waals surface area contributed by atoms with Crippen molar-refractivity contribution in [2.45, 2.75) is 165 Å². The molecule has 4 aromatic heterocycles. The van der Waals surface area contributed by atoms with Crippen molar-refractivity contribution < 1.29 is 50.3 Å². The number of hydrogen-bond donors (Lipinski definition) is 5. The van der Waals surface area contributed by atoms with Crippen LogP contribution in [-0.4, -0.2) is 144 Å². The molecule has 0 radical (unpaired) electrons. The van der Waals surface area contributed by atoms with Gasteiger partial charge in [-0.25, -0.2) is 29.9 Å². The summed E-state index contributed by atoms with van der Waals surface area (Å²) in [6, 6.07) is 57.6. The van der Waals surface area contributed by atoms with Crippen molar-refractivity contribution in [3.63, 3.8) is 0 Å². The second-order valence-corrected chi connectivity index (χ2v) is 38.0. The van der Waals surface area contributed by atoms with Gasteiger partial charge in [-0.05, 0) is 200 Å². The molecule has 25 nitrogen and oxygen atoms in total. The van der Waals surface area contributed by atoms with Crippen molar-refractivity contribution in [2.75, 3.05) is 35.2 Å². The summed E-state index contributed by atoms with van der Waals surface area (Å²) < 4.78 is 82.7. The van der Waals surface area contributed by atoms with Gasteiger partial charge in [0.1, 0.15) is 27.3 Å². The minimum Gasteiger partial charge on any atom is -0.369 e. The van der Waals surface area contributed by atoms with Crippen LogP contribution in [0.4, 0.5) is 26.3 Å². The first kappa shape index (κ1) is 95.9. The van der Waals surface area contributed by atoms with Crippen molar-refractivity contribution in [3.8, 4) is 21.0 Å². The first-order chi connectivity index (χ1) is 62.8. The third-order valence-electron chi connectivity index (χ3n) is 25.3. The zero-order valence-corrected chi connectivity index (χ0v) is 79.1. The van der Waals surface area contributed by atoms with E-state index >= 15 is 0 Å². The molecule has 34 heteroatoms. The van der Waals surface area contributed by atoms with E-state index in [0.717, 1.165) is 131 Å². The van der Waals surface area contributed by atoms with Crippen molar-refractivity contribution in [1.29, 1.82) is 0 Å². The summed E-state index contributed by atoms with van der Waals surface area (Å²) in [6.45, 7) is 17.2. The van der Waals surface area contributed by atoms with Gasteiger partial charge in [-0.2, -0.15) is 36.5 Å². The number of nitrogens with two attached hydrogens (primary N) is 5. The lowest BCUT2D eigenvalue weighted by Gasteiger charge is -2.41. The quantitative estimate of drug-likeness (QED) is 0.0597. The fourth-order valence-electron chi connectivity index (χ4n) is 16.9. The highest BCUT2D eigenvalue weighted by Crippen LogP contribution is 2.49. The topological polar surface area (TPSA) is 342 Å². The molecule has 8 aromatic carbocycles. The molecule has 1 saturated carbocycles. The standard InChI is InChI=1S/C22H25N5OS.2C21H22F3N3O.C20H21N5O.C15H15BrN4OS/c1-13-8-18(29-12-13)20-16-7-6-15(9-17(16)27(25-20)11-14-4-5-14)22(2)10-19(28)26(3)21(23)24-22;2*1-4-13-6-5-7-16(12-13)20(2)17(18(28)27(3)19(25)26-20)14-8-10-15(11-9-14)21(22,23)24;1-20(11-18(26)24(2)19(21)22-20)16-8-9-17-15(10-16)13-25(23-17)12-14-6-4-3-5-7-14;1-15(7-12(21)20(2)14(17)19-15)13-18-8-11(22-13)9-4-3-5-10(16)6-9/h6-9,12,14H,4-5,10-11H2,1-3H3,(H2,23,24);2*5-12,17H,4H2,1-3H3,(H2,25,26);3-10,13H,11-12H2,1-2H3,(H2,21,22);3-6,8H,7H2,1-2H3,(H2,17,19)/t22-;17-,20+;17-,20-;20-;15-/m00100/s1. The Bertz CT molecular complexity index is 6450. The number of aryl methyl sites for hydroxylation is 3. The maximum absolute atomic E-state index is 13.1. The molecule has 18 rings (SSSR count). The van der Waals surface area contributed by atoms with Crippen LogP contribution in [0, 0.1) is 12.8 Å². The summed E-state index contributed by atoms with van der Waals surface area (Å²) in [5.74, 6) is -0.655. The number of hydrogen-bond acceptors (Lipinski definition) is 20. The van der Waals surface area contributed by atoms with Gasteiger partial charge in [-0.3, -0.25) is 57.8 Å². The second-order valence-electron chi connectivity index (χ2n) is 35.2. The molecule has 6 aliphatic rings. The second kappa shape index (κ2) is 37.8. The van der Waals surface area contributed by atoms with Crippen LogP contribution in [0.1, 0.15) is 164 Å². The van der Waals surface area contributed by atoms with E-state index in [2.05, 4.69) is 110 Å². The van der Waals surface area contributed by atoms with Crippen molar-refractivity contribution in [2.24, 2.45) is 59.5 Å². The lowest BCUT2D eigenvalue weighted by atomic mass is 9.74. The lowest BCUT2D eigenvalue weighted by molar-refractivity contribution is -0.138. The average molecular weight is 1910 g/mol. The number of alkyl halides is 6. The Kier molecular flexibility index (Phi) is 27.3. The number of nitrogens with zero attached hydrogens (tertiary/aromatic N) is 15. The molecular formula is C99H105BrF6N20O5S2. The number of amides is 5.